The van der Waals surface area contributed by atoms with Gasteiger partial charge in [-0.2, -0.15) is 5.26 Å². The lowest BCUT2D eigenvalue weighted by Crippen LogP contribution is -2.86. The van der Waals surface area contributed by atoms with Gasteiger partial charge in [-0.3, -0.25) is 4.79 Å². The SMILES string of the molecule is C[C@@H]([NH2+]CC(=O)Nc1sc2c(c1C#N)CCCC2)c1ccc(F)c(F)c1. The molecule has 3 rings (SSSR count). The van der Waals surface area contributed by atoms with Crippen molar-refractivity contribution in [1.82, 2.24) is 0 Å². The Kier molecular flexibility index (Phi) is 5.64. The lowest BCUT2D eigenvalue weighted by Gasteiger charge is -2.11. The van der Waals surface area contributed by atoms with E-state index in [0.717, 1.165) is 43.4 Å². The number of hydrogen-bond donors (Lipinski definition) is 2. The summed E-state index contributed by atoms with van der Waals surface area (Å²) >= 11 is 1.49. The number of nitrogens with two attached hydrogens (primary N) is 1. The van der Waals surface area contributed by atoms with E-state index >= 15 is 0 Å². The second-order valence-electron chi connectivity index (χ2n) is 6.48. The first-order chi connectivity index (χ1) is 12.5. The van der Waals surface area contributed by atoms with E-state index in [9.17, 15) is 18.8 Å². The van der Waals surface area contributed by atoms with Crippen LogP contribution >= 0.6 is 11.3 Å². The second kappa shape index (κ2) is 7.94. The van der Waals surface area contributed by atoms with Gasteiger partial charge in [-0.1, -0.05) is 0 Å². The minimum absolute atomic E-state index is 0.133. The van der Waals surface area contributed by atoms with Crippen molar-refractivity contribution in [2.75, 3.05) is 11.9 Å². The maximum Gasteiger partial charge on any atom is 0.280 e. The van der Waals surface area contributed by atoms with E-state index in [2.05, 4.69) is 11.4 Å². The van der Waals surface area contributed by atoms with Gasteiger partial charge in [-0.05, 0) is 56.4 Å². The van der Waals surface area contributed by atoms with Crippen molar-refractivity contribution in [3.63, 3.8) is 0 Å². The van der Waals surface area contributed by atoms with Crippen LogP contribution in [0.4, 0.5) is 13.8 Å². The number of hydrogen-bond acceptors (Lipinski definition) is 3. The maximum atomic E-state index is 13.3. The van der Waals surface area contributed by atoms with Crippen LogP contribution in [-0.2, 0) is 17.6 Å². The van der Waals surface area contributed by atoms with Gasteiger partial charge in [0.05, 0.1) is 5.56 Å². The molecule has 26 heavy (non-hydrogen) atoms. The molecule has 7 heteroatoms. The minimum atomic E-state index is -0.893. The highest BCUT2D eigenvalue weighted by Gasteiger charge is 2.22. The van der Waals surface area contributed by atoms with Crippen LogP contribution in [0.3, 0.4) is 0 Å². The minimum Gasteiger partial charge on any atom is -0.333 e. The molecule has 4 nitrogen and oxygen atoms in total. The highest BCUT2D eigenvalue weighted by molar-refractivity contribution is 7.16. The van der Waals surface area contributed by atoms with Gasteiger partial charge in [0.1, 0.15) is 17.1 Å². The number of anilines is 1. The van der Waals surface area contributed by atoms with E-state index in [0.29, 0.717) is 16.1 Å². The quantitative estimate of drug-likeness (QED) is 0.842. The fourth-order valence-corrected chi connectivity index (χ4v) is 4.42. The number of carbonyl (C=O) groups is 1. The number of benzene rings is 1. The number of thiophene rings is 1. The van der Waals surface area contributed by atoms with Crippen LogP contribution in [0.15, 0.2) is 18.2 Å². The van der Waals surface area contributed by atoms with Crippen LogP contribution in [0.25, 0.3) is 0 Å². The number of carbonyl (C=O) groups excluding carboxylic acids is 1. The molecule has 2 aromatic rings. The van der Waals surface area contributed by atoms with Gasteiger partial charge in [0.25, 0.3) is 5.91 Å². The van der Waals surface area contributed by atoms with Crippen molar-refractivity contribution in [2.24, 2.45) is 0 Å². The molecule has 0 saturated carbocycles. The zero-order chi connectivity index (χ0) is 18.7. The Bertz CT molecular complexity index is 872. The first-order valence-corrected chi connectivity index (χ1v) is 9.44. The predicted octanol–water partition coefficient (Wildman–Crippen LogP) is 3.04. The molecule has 1 heterocycles. The third kappa shape index (κ3) is 3.92. The molecule has 0 spiro atoms. The van der Waals surface area contributed by atoms with Gasteiger partial charge in [0.2, 0.25) is 0 Å². The van der Waals surface area contributed by atoms with E-state index in [1.165, 1.54) is 22.3 Å². The number of rotatable bonds is 5. The lowest BCUT2D eigenvalue weighted by molar-refractivity contribution is -0.682. The molecule has 0 bridgehead atoms. The van der Waals surface area contributed by atoms with Crippen LogP contribution in [0.2, 0.25) is 0 Å². The fraction of sp³-hybridized carbons (Fsp3) is 0.368. The highest BCUT2D eigenvalue weighted by Crippen LogP contribution is 2.37. The van der Waals surface area contributed by atoms with Crippen molar-refractivity contribution in [3.05, 3.63) is 51.4 Å². The smallest absolute Gasteiger partial charge is 0.280 e. The Morgan fingerprint density at radius 2 is 2.12 bits per heavy atom. The topological polar surface area (TPSA) is 69.5 Å². The Balaban J connectivity index is 1.62. The monoisotopic (exact) mass is 376 g/mol. The van der Waals surface area contributed by atoms with Crippen molar-refractivity contribution in [3.8, 4) is 6.07 Å². The van der Waals surface area contributed by atoms with Gasteiger partial charge in [0, 0.05) is 10.4 Å². The summed E-state index contributed by atoms with van der Waals surface area (Å²) in [7, 11) is 0. The molecule has 0 saturated heterocycles. The number of amides is 1. The molecule has 136 valence electrons. The summed E-state index contributed by atoms with van der Waals surface area (Å²) < 4.78 is 26.3. The Hall–Kier alpha value is -2.30. The molecule has 0 unspecified atom stereocenters. The van der Waals surface area contributed by atoms with Gasteiger partial charge >= 0.3 is 0 Å². The molecule has 1 aromatic heterocycles. The number of quaternary nitrogens is 1. The fourth-order valence-electron chi connectivity index (χ4n) is 3.17. The third-order valence-electron chi connectivity index (χ3n) is 4.66. The number of aryl methyl sites for hydroxylation is 1. The number of halogens is 2. The number of fused-ring (bicyclic) bond motifs is 1. The highest BCUT2D eigenvalue weighted by atomic mass is 32.1. The Morgan fingerprint density at radius 3 is 2.85 bits per heavy atom. The van der Waals surface area contributed by atoms with Crippen molar-refractivity contribution in [1.29, 1.82) is 5.26 Å². The summed E-state index contributed by atoms with van der Waals surface area (Å²) in [5.74, 6) is -1.99. The average molecular weight is 376 g/mol. The van der Waals surface area contributed by atoms with Gasteiger partial charge in [0.15, 0.2) is 18.2 Å². The van der Waals surface area contributed by atoms with Crippen LogP contribution in [0.5, 0.6) is 0 Å². The van der Waals surface area contributed by atoms with E-state index in [1.807, 2.05) is 6.92 Å². The molecular weight excluding hydrogens is 356 g/mol. The average Bonchev–Trinajstić information content (AvgIpc) is 2.98. The summed E-state index contributed by atoms with van der Waals surface area (Å²) in [5, 5.41) is 14.6. The molecule has 0 radical (unpaired) electrons. The first kappa shape index (κ1) is 18.5. The summed E-state index contributed by atoms with van der Waals surface area (Å²) in [6.07, 6.45) is 4.05. The normalized spacial score (nSPS) is 14.4. The van der Waals surface area contributed by atoms with Crippen LogP contribution in [-0.4, -0.2) is 12.5 Å². The van der Waals surface area contributed by atoms with Gasteiger partial charge < -0.3 is 10.6 Å². The molecule has 1 amide bonds. The largest absolute Gasteiger partial charge is 0.333 e. The van der Waals surface area contributed by atoms with Crippen LogP contribution in [0, 0.1) is 23.0 Å². The lowest BCUT2D eigenvalue weighted by atomic mass is 9.96. The van der Waals surface area contributed by atoms with E-state index in [1.54, 1.807) is 5.32 Å². The molecule has 1 aromatic carbocycles. The van der Waals surface area contributed by atoms with Crippen molar-refractivity contribution >= 4 is 22.2 Å². The Morgan fingerprint density at radius 1 is 1.35 bits per heavy atom. The maximum absolute atomic E-state index is 13.3. The summed E-state index contributed by atoms with van der Waals surface area (Å²) in [6.45, 7) is 1.96. The van der Waals surface area contributed by atoms with E-state index < -0.39 is 11.6 Å². The van der Waals surface area contributed by atoms with Crippen molar-refractivity contribution < 1.29 is 18.9 Å². The summed E-state index contributed by atoms with van der Waals surface area (Å²) in [6, 6.07) is 5.78. The molecule has 1 aliphatic carbocycles. The number of nitrogens with zero attached hydrogens (tertiary/aromatic N) is 1. The molecule has 1 aliphatic rings. The van der Waals surface area contributed by atoms with Gasteiger partial charge in [-0.15, -0.1) is 11.3 Å². The standard InChI is InChI=1S/C19H19F2N3OS/c1-11(12-6-7-15(20)16(21)8-12)23-10-18(25)24-19-14(9-22)13-4-2-3-5-17(13)26-19/h6-8,11,23H,2-5,10H2,1H3,(H,24,25)/p+1/t11-/m1/s1. The molecular formula is C19H20F2N3OS+. The van der Waals surface area contributed by atoms with Crippen LogP contribution < -0.4 is 10.6 Å². The zero-order valence-corrected chi connectivity index (χ0v) is 15.3. The summed E-state index contributed by atoms with van der Waals surface area (Å²) in [4.78, 5) is 13.5. The second-order valence-corrected chi connectivity index (χ2v) is 7.58. The van der Waals surface area contributed by atoms with Crippen LogP contribution in [0.1, 0.15) is 47.4 Å². The molecule has 0 fully saturated rings. The molecule has 3 N–H and O–H groups in total. The van der Waals surface area contributed by atoms with Crippen molar-refractivity contribution in [2.45, 2.75) is 38.6 Å². The Labute approximate surface area is 154 Å². The first-order valence-electron chi connectivity index (χ1n) is 8.62. The third-order valence-corrected chi connectivity index (χ3v) is 5.87. The van der Waals surface area contributed by atoms with E-state index in [4.69, 9.17) is 0 Å². The van der Waals surface area contributed by atoms with Gasteiger partial charge in [-0.25, -0.2) is 8.78 Å². The number of nitrogens with one attached hydrogen (secondary N) is 1. The van der Waals surface area contributed by atoms with E-state index in [-0.39, 0.29) is 18.5 Å². The molecule has 1 atom stereocenters. The zero-order valence-electron chi connectivity index (χ0n) is 14.4. The number of nitriles is 1. The predicted molar refractivity (Wildman–Crippen MR) is 95.9 cm³/mol. The molecule has 0 aliphatic heterocycles. The summed E-state index contributed by atoms with van der Waals surface area (Å²) in [5.41, 5.74) is 2.28.